The molecular formula is C20H24N2O3. The number of fused-ring (bicyclic) bond motifs is 1. The fourth-order valence-electron chi connectivity index (χ4n) is 3.03. The number of para-hydroxylation sites is 1. The summed E-state index contributed by atoms with van der Waals surface area (Å²) in [6.45, 7) is 5.69. The average molecular weight is 340 g/mol. The molecule has 0 aromatic heterocycles. The Balaban J connectivity index is 1.86. The van der Waals surface area contributed by atoms with E-state index in [0.29, 0.717) is 25.4 Å². The minimum atomic E-state index is -0.648. The first-order valence-electron chi connectivity index (χ1n) is 8.52. The molecule has 25 heavy (non-hydrogen) atoms. The number of carbonyl (C=O) groups is 1. The highest BCUT2D eigenvalue weighted by molar-refractivity contribution is 6.02. The predicted octanol–water partition coefficient (Wildman–Crippen LogP) is 3.47. The quantitative estimate of drug-likeness (QED) is 0.818. The summed E-state index contributed by atoms with van der Waals surface area (Å²) in [5, 5.41) is 3.50. The second-order valence-electron chi connectivity index (χ2n) is 6.18. The number of hydrogen-bond donors (Lipinski definition) is 1. The molecule has 3 rings (SSSR count). The van der Waals surface area contributed by atoms with E-state index < -0.39 is 5.66 Å². The van der Waals surface area contributed by atoms with Crippen molar-refractivity contribution in [3.63, 3.8) is 0 Å². The van der Waals surface area contributed by atoms with E-state index in [1.54, 1.807) is 4.90 Å². The summed E-state index contributed by atoms with van der Waals surface area (Å²) >= 11 is 0. The Morgan fingerprint density at radius 3 is 2.72 bits per heavy atom. The summed E-state index contributed by atoms with van der Waals surface area (Å²) in [4.78, 5) is 14.5. The molecule has 2 aromatic rings. The summed E-state index contributed by atoms with van der Waals surface area (Å²) in [5.74, 6) is 0.763. The summed E-state index contributed by atoms with van der Waals surface area (Å²) in [6, 6.07) is 15.4. The van der Waals surface area contributed by atoms with Crippen LogP contribution in [0.4, 0.5) is 5.69 Å². The Morgan fingerprint density at radius 1 is 1.12 bits per heavy atom. The van der Waals surface area contributed by atoms with Crippen LogP contribution >= 0.6 is 0 Å². The number of rotatable bonds is 6. The zero-order valence-corrected chi connectivity index (χ0v) is 14.9. The molecule has 132 valence electrons. The zero-order chi connectivity index (χ0) is 17.9. The van der Waals surface area contributed by atoms with Gasteiger partial charge in [-0.2, -0.15) is 0 Å². The van der Waals surface area contributed by atoms with Crippen LogP contribution in [-0.4, -0.2) is 37.7 Å². The van der Waals surface area contributed by atoms with Crippen LogP contribution in [-0.2, 0) is 10.4 Å². The van der Waals surface area contributed by atoms with Crippen molar-refractivity contribution in [2.24, 2.45) is 0 Å². The van der Waals surface area contributed by atoms with Crippen LogP contribution in [0.1, 0.15) is 29.8 Å². The molecule has 0 saturated carbocycles. The molecule has 0 fully saturated rings. The molecule has 1 heterocycles. The number of amides is 1. The van der Waals surface area contributed by atoms with Gasteiger partial charge in [-0.05, 0) is 38.1 Å². The Morgan fingerprint density at radius 2 is 1.92 bits per heavy atom. The van der Waals surface area contributed by atoms with Crippen LogP contribution in [0, 0.1) is 0 Å². The van der Waals surface area contributed by atoms with Crippen LogP contribution < -0.4 is 10.1 Å². The molecule has 0 spiro atoms. The maximum atomic E-state index is 12.8. The number of hydrogen-bond acceptors (Lipinski definition) is 4. The van der Waals surface area contributed by atoms with Gasteiger partial charge in [0.15, 0.2) is 0 Å². The van der Waals surface area contributed by atoms with Gasteiger partial charge in [0.25, 0.3) is 5.91 Å². The van der Waals surface area contributed by atoms with E-state index in [1.165, 1.54) is 0 Å². The first-order valence-corrected chi connectivity index (χ1v) is 8.52. The molecular weight excluding hydrogens is 316 g/mol. The molecule has 0 saturated heterocycles. The minimum absolute atomic E-state index is 0.000447. The van der Waals surface area contributed by atoms with E-state index in [2.05, 4.69) is 5.32 Å². The third kappa shape index (κ3) is 3.33. The van der Waals surface area contributed by atoms with E-state index >= 15 is 0 Å². The SMILES string of the molecule is CCOCCOc1cccc(C2(C)Nc3ccccc3C(=O)N2C)c1. The van der Waals surface area contributed by atoms with Crippen molar-refractivity contribution in [3.8, 4) is 5.75 Å². The van der Waals surface area contributed by atoms with Gasteiger partial charge in [-0.25, -0.2) is 0 Å². The first kappa shape index (κ1) is 17.3. The lowest BCUT2D eigenvalue weighted by atomic mass is 9.94. The van der Waals surface area contributed by atoms with Crippen LogP contribution in [0.2, 0.25) is 0 Å². The van der Waals surface area contributed by atoms with E-state index in [1.807, 2.05) is 69.4 Å². The fraction of sp³-hybridized carbons (Fsp3) is 0.350. The molecule has 0 aliphatic carbocycles. The van der Waals surface area contributed by atoms with Gasteiger partial charge in [-0.3, -0.25) is 4.79 Å². The van der Waals surface area contributed by atoms with Gasteiger partial charge < -0.3 is 19.7 Å². The molecule has 5 heteroatoms. The van der Waals surface area contributed by atoms with Crippen molar-refractivity contribution in [3.05, 3.63) is 59.7 Å². The minimum Gasteiger partial charge on any atom is -0.491 e. The topological polar surface area (TPSA) is 50.8 Å². The molecule has 1 aliphatic rings. The van der Waals surface area contributed by atoms with Crippen molar-refractivity contribution in [1.29, 1.82) is 0 Å². The zero-order valence-electron chi connectivity index (χ0n) is 14.9. The van der Waals surface area contributed by atoms with Crippen LogP contribution in [0.5, 0.6) is 5.75 Å². The van der Waals surface area contributed by atoms with Gasteiger partial charge in [0, 0.05) is 24.9 Å². The molecule has 2 aromatic carbocycles. The number of nitrogens with one attached hydrogen (secondary N) is 1. The van der Waals surface area contributed by atoms with Gasteiger partial charge in [-0.15, -0.1) is 0 Å². The molecule has 0 bridgehead atoms. The molecule has 1 N–H and O–H groups in total. The largest absolute Gasteiger partial charge is 0.491 e. The smallest absolute Gasteiger partial charge is 0.257 e. The highest BCUT2D eigenvalue weighted by atomic mass is 16.5. The van der Waals surface area contributed by atoms with Gasteiger partial charge >= 0.3 is 0 Å². The number of ether oxygens (including phenoxy) is 2. The van der Waals surface area contributed by atoms with Crippen molar-refractivity contribution in [1.82, 2.24) is 4.90 Å². The number of anilines is 1. The van der Waals surface area contributed by atoms with Crippen LogP contribution in [0.25, 0.3) is 0 Å². The van der Waals surface area contributed by atoms with Crippen molar-refractivity contribution in [2.45, 2.75) is 19.5 Å². The van der Waals surface area contributed by atoms with E-state index in [0.717, 1.165) is 17.0 Å². The van der Waals surface area contributed by atoms with Crippen molar-refractivity contribution < 1.29 is 14.3 Å². The van der Waals surface area contributed by atoms with Crippen LogP contribution in [0.3, 0.4) is 0 Å². The lowest BCUT2D eigenvalue weighted by Crippen LogP contribution is -2.53. The number of carbonyl (C=O) groups excluding carboxylic acids is 1. The summed E-state index contributed by atoms with van der Waals surface area (Å²) in [7, 11) is 1.81. The maximum Gasteiger partial charge on any atom is 0.257 e. The third-order valence-corrected chi connectivity index (χ3v) is 4.61. The normalized spacial score (nSPS) is 19.3. The van der Waals surface area contributed by atoms with Crippen molar-refractivity contribution in [2.75, 3.05) is 32.2 Å². The number of nitrogens with zero attached hydrogens (tertiary/aromatic N) is 1. The number of benzene rings is 2. The monoisotopic (exact) mass is 340 g/mol. The molecule has 1 unspecified atom stereocenters. The van der Waals surface area contributed by atoms with E-state index in [9.17, 15) is 4.79 Å². The fourth-order valence-corrected chi connectivity index (χ4v) is 3.03. The highest BCUT2D eigenvalue weighted by Crippen LogP contribution is 2.37. The molecule has 5 nitrogen and oxygen atoms in total. The van der Waals surface area contributed by atoms with E-state index in [-0.39, 0.29) is 5.91 Å². The summed E-state index contributed by atoms with van der Waals surface area (Å²) < 4.78 is 11.1. The van der Waals surface area contributed by atoms with Gasteiger partial charge in [0.05, 0.1) is 12.2 Å². The van der Waals surface area contributed by atoms with Gasteiger partial charge in [0.1, 0.15) is 18.0 Å². The van der Waals surface area contributed by atoms with Crippen LogP contribution in [0.15, 0.2) is 48.5 Å². The van der Waals surface area contributed by atoms with Crippen molar-refractivity contribution >= 4 is 11.6 Å². The second kappa shape index (κ2) is 7.15. The van der Waals surface area contributed by atoms with E-state index in [4.69, 9.17) is 9.47 Å². The Kier molecular flexibility index (Phi) is 4.95. The lowest BCUT2D eigenvalue weighted by Gasteiger charge is -2.44. The average Bonchev–Trinajstić information content (AvgIpc) is 2.64. The van der Waals surface area contributed by atoms with Gasteiger partial charge in [0.2, 0.25) is 0 Å². The molecule has 0 radical (unpaired) electrons. The summed E-state index contributed by atoms with van der Waals surface area (Å²) in [5.41, 5.74) is 1.85. The maximum absolute atomic E-state index is 12.8. The standard InChI is InChI=1S/C20H24N2O3/c1-4-24-12-13-25-16-9-7-8-15(14-16)20(2)21-18-11-6-5-10-17(18)19(23)22(20)3/h5-11,14,21H,4,12-13H2,1-3H3. The molecule has 1 amide bonds. The Bertz CT molecular complexity index is 762. The lowest BCUT2D eigenvalue weighted by molar-refractivity contribution is 0.0615. The third-order valence-electron chi connectivity index (χ3n) is 4.61. The highest BCUT2D eigenvalue weighted by Gasteiger charge is 2.40. The molecule has 1 atom stereocenters. The Hall–Kier alpha value is -2.53. The predicted molar refractivity (Wildman–Crippen MR) is 97.9 cm³/mol. The second-order valence-corrected chi connectivity index (χ2v) is 6.18. The first-order chi connectivity index (χ1) is 12.1. The summed E-state index contributed by atoms with van der Waals surface area (Å²) in [6.07, 6.45) is 0. The molecule has 1 aliphatic heterocycles. The Labute approximate surface area is 148 Å². The van der Waals surface area contributed by atoms with Gasteiger partial charge in [-0.1, -0.05) is 24.3 Å².